The summed E-state index contributed by atoms with van der Waals surface area (Å²) < 4.78 is 0. The molecule has 0 aromatic heterocycles. The summed E-state index contributed by atoms with van der Waals surface area (Å²) in [5, 5.41) is 3.83. The second-order valence-corrected chi connectivity index (χ2v) is 6.88. The van der Waals surface area contributed by atoms with Gasteiger partial charge >= 0.3 is 0 Å². The second kappa shape index (κ2) is 6.38. The summed E-state index contributed by atoms with van der Waals surface area (Å²) in [5.41, 5.74) is 0.334. The lowest BCUT2D eigenvalue weighted by atomic mass is 9.88. The molecule has 1 saturated carbocycles. The van der Waals surface area contributed by atoms with Crippen molar-refractivity contribution in [3.8, 4) is 0 Å². The van der Waals surface area contributed by atoms with Gasteiger partial charge in [-0.2, -0.15) is 0 Å². The van der Waals surface area contributed by atoms with Gasteiger partial charge in [-0.1, -0.05) is 19.8 Å². The lowest BCUT2D eigenvalue weighted by Gasteiger charge is -2.43. The Balaban J connectivity index is 1.90. The van der Waals surface area contributed by atoms with Crippen LogP contribution in [0.2, 0.25) is 0 Å². The molecule has 2 nitrogen and oxygen atoms in total. The van der Waals surface area contributed by atoms with Gasteiger partial charge in [0.05, 0.1) is 0 Å². The Bertz CT molecular complexity index is 239. The molecule has 18 heavy (non-hydrogen) atoms. The van der Waals surface area contributed by atoms with E-state index in [0.29, 0.717) is 11.6 Å². The van der Waals surface area contributed by atoms with E-state index in [1.54, 1.807) is 0 Å². The van der Waals surface area contributed by atoms with Crippen LogP contribution >= 0.6 is 0 Å². The first-order valence-corrected chi connectivity index (χ1v) is 8.13. The van der Waals surface area contributed by atoms with Gasteiger partial charge < -0.3 is 5.32 Å². The van der Waals surface area contributed by atoms with Gasteiger partial charge in [-0.25, -0.2) is 0 Å². The summed E-state index contributed by atoms with van der Waals surface area (Å²) in [6, 6.07) is 0.677. The molecule has 2 heteroatoms. The standard InChI is InChI=1S/C16H32N2/c1-4-11-17-15(10-9-14-7-8-14)16(2,3)18-12-5-6-13-18/h14-15,17H,4-13H2,1-3H3. The van der Waals surface area contributed by atoms with Gasteiger partial charge in [0.15, 0.2) is 0 Å². The van der Waals surface area contributed by atoms with Gasteiger partial charge in [-0.3, -0.25) is 4.90 Å². The van der Waals surface area contributed by atoms with Crippen molar-refractivity contribution in [2.75, 3.05) is 19.6 Å². The summed E-state index contributed by atoms with van der Waals surface area (Å²) in [7, 11) is 0. The second-order valence-electron chi connectivity index (χ2n) is 6.88. The molecule has 106 valence electrons. The molecule has 0 bridgehead atoms. The van der Waals surface area contributed by atoms with Gasteiger partial charge in [0.2, 0.25) is 0 Å². The van der Waals surface area contributed by atoms with Gasteiger partial charge in [-0.05, 0) is 71.5 Å². The molecular formula is C16H32N2. The van der Waals surface area contributed by atoms with Crippen LogP contribution in [0.15, 0.2) is 0 Å². The van der Waals surface area contributed by atoms with Crippen molar-refractivity contribution in [3.63, 3.8) is 0 Å². The molecule has 0 radical (unpaired) electrons. The molecule has 1 saturated heterocycles. The molecule has 2 aliphatic rings. The van der Waals surface area contributed by atoms with Crippen LogP contribution in [0.1, 0.15) is 65.7 Å². The third-order valence-corrected chi connectivity index (χ3v) is 4.98. The maximum absolute atomic E-state index is 3.83. The predicted molar refractivity (Wildman–Crippen MR) is 78.9 cm³/mol. The minimum absolute atomic E-state index is 0.334. The Labute approximate surface area is 114 Å². The maximum atomic E-state index is 3.83. The lowest BCUT2D eigenvalue weighted by molar-refractivity contribution is 0.100. The summed E-state index contributed by atoms with van der Waals surface area (Å²) in [5.74, 6) is 1.06. The maximum Gasteiger partial charge on any atom is 0.0306 e. The molecule has 1 aliphatic heterocycles. The number of nitrogens with one attached hydrogen (secondary N) is 1. The van der Waals surface area contributed by atoms with E-state index in [0.717, 1.165) is 5.92 Å². The molecule has 0 spiro atoms. The average Bonchev–Trinajstić information content (AvgIpc) is 3.00. The normalized spacial score (nSPS) is 23.5. The van der Waals surface area contributed by atoms with E-state index in [1.165, 1.54) is 64.6 Å². The van der Waals surface area contributed by atoms with E-state index in [1.807, 2.05) is 0 Å². The van der Waals surface area contributed by atoms with E-state index in [4.69, 9.17) is 0 Å². The Morgan fingerprint density at radius 2 is 1.89 bits per heavy atom. The van der Waals surface area contributed by atoms with Gasteiger partial charge in [0, 0.05) is 11.6 Å². The van der Waals surface area contributed by atoms with Crippen LogP contribution in [-0.2, 0) is 0 Å². The van der Waals surface area contributed by atoms with E-state index in [2.05, 4.69) is 31.0 Å². The predicted octanol–water partition coefficient (Wildman–Crippen LogP) is 3.42. The summed E-state index contributed by atoms with van der Waals surface area (Å²) in [6.07, 6.45) is 9.83. The van der Waals surface area contributed by atoms with Crippen LogP contribution in [0.3, 0.4) is 0 Å². The number of hydrogen-bond acceptors (Lipinski definition) is 2. The smallest absolute Gasteiger partial charge is 0.0306 e. The average molecular weight is 252 g/mol. The first-order chi connectivity index (χ1) is 8.64. The Hall–Kier alpha value is -0.0800. The van der Waals surface area contributed by atoms with Crippen LogP contribution in [0.25, 0.3) is 0 Å². The SMILES string of the molecule is CCCNC(CCC1CC1)C(C)(C)N1CCCC1. The molecule has 2 rings (SSSR count). The zero-order valence-electron chi connectivity index (χ0n) is 12.7. The molecule has 1 aliphatic carbocycles. The molecule has 1 heterocycles. The highest BCUT2D eigenvalue weighted by Gasteiger charge is 2.37. The molecule has 2 fully saturated rings. The largest absolute Gasteiger partial charge is 0.312 e. The van der Waals surface area contributed by atoms with Crippen molar-refractivity contribution in [1.82, 2.24) is 10.2 Å². The van der Waals surface area contributed by atoms with Crippen molar-refractivity contribution in [3.05, 3.63) is 0 Å². The zero-order valence-corrected chi connectivity index (χ0v) is 12.7. The Kier molecular flexibility index (Phi) is 5.08. The molecule has 1 unspecified atom stereocenters. The quantitative estimate of drug-likeness (QED) is 0.712. The summed E-state index contributed by atoms with van der Waals surface area (Å²) in [4.78, 5) is 2.72. The Morgan fingerprint density at radius 1 is 1.22 bits per heavy atom. The lowest BCUT2D eigenvalue weighted by Crippen LogP contribution is -2.57. The third-order valence-electron chi connectivity index (χ3n) is 4.98. The van der Waals surface area contributed by atoms with Gasteiger partial charge in [0.1, 0.15) is 0 Å². The molecular weight excluding hydrogens is 220 g/mol. The van der Waals surface area contributed by atoms with Crippen LogP contribution < -0.4 is 5.32 Å². The summed E-state index contributed by atoms with van der Waals surface area (Å²) >= 11 is 0. The number of nitrogens with zero attached hydrogens (tertiary/aromatic N) is 1. The topological polar surface area (TPSA) is 15.3 Å². The van der Waals surface area contributed by atoms with Crippen LogP contribution in [0.4, 0.5) is 0 Å². The molecule has 0 aromatic rings. The van der Waals surface area contributed by atoms with Crippen LogP contribution in [-0.4, -0.2) is 36.1 Å². The monoisotopic (exact) mass is 252 g/mol. The number of hydrogen-bond donors (Lipinski definition) is 1. The Morgan fingerprint density at radius 3 is 2.44 bits per heavy atom. The van der Waals surface area contributed by atoms with E-state index < -0.39 is 0 Å². The zero-order chi connectivity index (χ0) is 13.0. The fraction of sp³-hybridized carbons (Fsp3) is 1.00. The van der Waals surface area contributed by atoms with Crippen molar-refractivity contribution < 1.29 is 0 Å². The fourth-order valence-corrected chi connectivity index (χ4v) is 3.35. The molecule has 1 atom stereocenters. The van der Waals surface area contributed by atoms with Crippen molar-refractivity contribution >= 4 is 0 Å². The number of likely N-dealkylation sites (tertiary alicyclic amines) is 1. The first kappa shape index (κ1) is 14.3. The summed E-state index contributed by atoms with van der Waals surface area (Å²) in [6.45, 7) is 11.0. The van der Waals surface area contributed by atoms with Crippen LogP contribution in [0.5, 0.6) is 0 Å². The fourth-order valence-electron chi connectivity index (χ4n) is 3.35. The molecule has 1 N–H and O–H groups in total. The van der Waals surface area contributed by atoms with Crippen molar-refractivity contribution in [1.29, 1.82) is 0 Å². The van der Waals surface area contributed by atoms with Crippen LogP contribution in [0, 0.1) is 5.92 Å². The van der Waals surface area contributed by atoms with E-state index in [9.17, 15) is 0 Å². The minimum Gasteiger partial charge on any atom is -0.312 e. The third kappa shape index (κ3) is 3.71. The van der Waals surface area contributed by atoms with Crippen molar-refractivity contribution in [2.45, 2.75) is 77.3 Å². The molecule has 0 aromatic carbocycles. The highest BCUT2D eigenvalue weighted by Crippen LogP contribution is 2.36. The van der Waals surface area contributed by atoms with E-state index >= 15 is 0 Å². The first-order valence-electron chi connectivity index (χ1n) is 8.13. The number of rotatable bonds is 8. The molecule has 0 amide bonds. The van der Waals surface area contributed by atoms with Gasteiger partial charge in [-0.15, -0.1) is 0 Å². The van der Waals surface area contributed by atoms with Crippen molar-refractivity contribution in [2.24, 2.45) is 5.92 Å². The minimum atomic E-state index is 0.334. The van der Waals surface area contributed by atoms with E-state index in [-0.39, 0.29) is 0 Å². The highest BCUT2D eigenvalue weighted by molar-refractivity contribution is 4.96. The highest BCUT2D eigenvalue weighted by atomic mass is 15.2. The van der Waals surface area contributed by atoms with Gasteiger partial charge in [0.25, 0.3) is 0 Å².